The van der Waals surface area contributed by atoms with Gasteiger partial charge in [0.2, 0.25) is 15.9 Å². The van der Waals surface area contributed by atoms with Gasteiger partial charge in [0.1, 0.15) is 5.82 Å². The second-order valence-corrected chi connectivity index (χ2v) is 6.00. The highest BCUT2D eigenvalue weighted by Crippen LogP contribution is 2.24. The number of rotatable bonds is 6. The molecule has 20 heavy (non-hydrogen) atoms. The molecule has 5 nitrogen and oxygen atoms in total. The minimum Gasteiger partial charge on any atom is -0.352 e. The molecule has 1 rings (SSSR count). The zero-order valence-corrected chi connectivity index (χ0v) is 12.2. The molecule has 1 amide bonds. The van der Waals surface area contributed by atoms with Crippen LogP contribution in [0.15, 0.2) is 18.7 Å². The standard InChI is InChI=1S/C13H17FN2O3S/c1-4-10-6-9(8-15-12(17)5-2)7-11(14)13(10)16-20(3,18)19/h4,6-7,16H,1,5,8H2,2-3H3,(H,15,17). The summed E-state index contributed by atoms with van der Waals surface area (Å²) >= 11 is 0. The Morgan fingerprint density at radius 3 is 2.60 bits per heavy atom. The van der Waals surface area contributed by atoms with Gasteiger partial charge in [-0.1, -0.05) is 19.6 Å². The van der Waals surface area contributed by atoms with E-state index < -0.39 is 15.8 Å². The molecule has 0 aliphatic heterocycles. The number of sulfonamides is 1. The lowest BCUT2D eigenvalue weighted by atomic mass is 10.1. The second-order valence-electron chi connectivity index (χ2n) is 4.25. The Bertz CT molecular complexity index is 627. The van der Waals surface area contributed by atoms with Gasteiger partial charge in [-0.05, 0) is 17.7 Å². The summed E-state index contributed by atoms with van der Waals surface area (Å²) in [5.41, 5.74) is 0.697. The van der Waals surface area contributed by atoms with Gasteiger partial charge >= 0.3 is 0 Å². The molecule has 2 N–H and O–H groups in total. The molecule has 0 saturated heterocycles. The van der Waals surface area contributed by atoms with Crippen molar-refractivity contribution in [3.63, 3.8) is 0 Å². The maximum Gasteiger partial charge on any atom is 0.229 e. The van der Waals surface area contributed by atoms with Crippen molar-refractivity contribution in [2.45, 2.75) is 19.9 Å². The molecule has 0 radical (unpaired) electrons. The predicted molar refractivity (Wildman–Crippen MR) is 77.1 cm³/mol. The van der Waals surface area contributed by atoms with E-state index in [1.807, 2.05) is 0 Å². The third-order valence-electron chi connectivity index (χ3n) is 2.50. The lowest BCUT2D eigenvalue weighted by Gasteiger charge is -2.12. The van der Waals surface area contributed by atoms with Gasteiger partial charge in [-0.3, -0.25) is 9.52 Å². The van der Waals surface area contributed by atoms with Crippen LogP contribution in [0, 0.1) is 5.82 Å². The fourth-order valence-corrected chi connectivity index (χ4v) is 2.15. The van der Waals surface area contributed by atoms with E-state index in [0.717, 1.165) is 6.26 Å². The Hall–Kier alpha value is -1.89. The van der Waals surface area contributed by atoms with Crippen molar-refractivity contribution in [2.75, 3.05) is 11.0 Å². The van der Waals surface area contributed by atoms with Crippen LogP contribution in [0.1, 0.15) is 24.5 Å². The zero-order valence-electron chi connectivity index (χ0n) is 11.4. The van der Waals surface area contributed by atoms with Crippen LogP contribution in [0.25, 0.3) is 6.08 Å². The molecule has 0 fully saturated rings. The number of hydrogen-bond donors (Lipinski definition) is 2. The molecule has 0 aromatic heterocycles. The van der Waals surface area contributed by atoms with E-state index in [-0.39, 0.29) is 18.1 Å². The van der Waals surface area contributed by atoms with Crippen molar-refractivity contribution in [2.24, 2.45) is 0 Å². The molecule has 0 bridgehead atoms. The molecule has 0 aliphatic rings. The van der Waals surface area contributed by atoms with Crippen LogP contribution in [-0.2, 0) is 21.4 Å². The summed E-state index contributed by atoms with van der Waals surface area (Å²) in [6, 6.07) is 2.75. The van der Waals surface area contributed by atoms with Crippen LogP contribution < -0.4 is 10.0 Å². The first-order chi connectivity index (χ1) is 9.26. The lowest BCUT2D eigenvalue weighted by molar-refractivity contribution is -0.120. The van der Waals surface area contributed by atoms with Gasteiger partial charge in [0.15, 0.2) is 0 Å². The Balaban J connectivity index is 3.07. The highest BCUT2D eigenvalue weighted by Gasteiger charge is 2.13. The van der Waals surface area contributed by atoms with Crippen LogP contribution in [0.2, 0.25) is 0 Å². The number of anilines is 1. The SMILES string of the molecule is C=Cc1cc(CNC(=O)CC)cc(F)c1NS(C)(=O)=O. The number of carbonyl (C=O) groups excluding carboxylic acids is 1. The summed E-state index contributed by atoms with van der Waals surface area (Å²) in [7, 11) is -3.58. The van der Waals surface area contributed by atoms with Crippen molar-refractivity contribution >= 4 is 27.7 Å². The molecule has 1 aromatic carbocycles. The van der Waals surface area contributed by atoms with Crippen molar-refractivity contribution in [3.8, 4) is 0 Å². The molecule has 0 atom stereocenters. The minimum atomic E-state index is -3.58. The van der Waals surface area contributed by atoms with Gasteiger partial charge in [0.25, 0.3) is 0 Å². The maximum atomic E-state index is 13.9. The van der Waals surface area contributed by atoms with Crippen molar-refractivity contribution in [3.05, 3.63) is 35.7 Å². The largest absolute Gasteiger partial charge is 0.352 e. The summed E-state index contributed by atoms with van der Waals surface area (Å²) in [6.45, 7) is 5.41. The third-order valence-corrected chi connectivity index (χ3v) is 3.07. The number of amides is 1. The highest BCUT2D eigenvalue weighted by molar-refractivity contribution is 7.92. The minimum absolute atomic E-state index is 0.145. The van der Waals surface area contributed by atoms with Crippen molar-refractivity contribution in [1.29, 1.82) is 0 Å². The Labute approximate surface area is 117 Å². The normalized spacial score (nSPS) is 10.9. The number of carbonyl (C=O) groups is 1. The first-order valence-corrected chi connectivity index (χ1v) is 7.85. The number of halogens is 1. The fraction of sp³-hybridized carbons (Fsp3) is 0.308. The Kier molecular flexibility index (Phi) is 5.26. The summed E-state index contributed by atoms with van der Waals surface area (Å²) in [4.78, 5) is 11.2. The summed E-state index contributed by atoms with van der Waals surface area (Å²) < 4.78 is 38.4. The second kappa shape index (κ2) is 6.51. The van der Waals surface area contributed by atoms with Crippen LogP contribution in [-0.4, -0.2) is 20.6 Å². The fourth-order valence-electron chi connectivity index (χ4n) is 1.57. The number of hydrogen-bond acceptors (Lipinski definition) is 3. The molecule has 0 spiro atoms. The summed E-state index contributed by atoms with van der Waals surface area (Å²) in [5, 5.41) is 2.62. The molecule has 110 valence electrons. The van der Waals surface area contributed by atoms with E-state index in [1.54, 1.807) is 13.0 Å². The zero-order chi connectivity index (χ0) is 15.3. The molecular weight excluding hydrogens is 283 g/mol. The van der Waals surface area contributed by atoms with E-state index in [9.17, 15) is 17.6 Å². The predicted octanol–water partition coefficient (Wildman–Crippen LogP) is 1.87. The smallest absolute Gasteiger partial charge is 0.229 e. The summed E-state index contributed by atoms with van der Waals surface area (Å²) in [5.74, 6) is -0.863. The van der Waals surface area contributed by atoms with E-state index in [0.29, 0.717) is 17.5 Å². The molecule has 0 unspecified atom stereocenters. The average molecular weight is 300 g/mol. The maximum absolute atomic E-state index is 13.9. The summed E-state index contributed by atoms with van der Waals surface area (Å²) in [6.07, 6.45) is 2.63. The highest BCUT2D eigenvalue weighted by atomic mass is 32.2. The van der Waals surface area contributed by atoms with Crippen LogP contribution in [0.3, 0.4) is 0 Å². The number of benzene rings is 1. The molecule has 1 aromatic rings. The van der Waals surface area contributed by atoms with Gasteiger partial charge < -0.3 is 5.32 Å². The van der Waals surface area contributed by atoms with E-state index >= 15 is 0 Å². The van der Waals surface area contributed by atoms with Crippen LogP contribution >= 0.6 is 0 Å². The van der Waals surface area contributed by atoms with Gasteiger partial charge in [0.05, 0.1) is 11.9 Å². The van der Waals surface area contributed by atoms with Crippen molar-refractivity contribution < 1.29 is 17.6 Å². The molecular formula is C13H17FN2O3S. The quantitative estimate of drug-likeness (QED) is 0.842. The first-order valence-electron chi connectivity index (χ1n) is 5.96. The van der Waals surface area contributed by atoms with Gasteiger partial charge in [-0.2, -0.15) is 0 Å². The molecule has 0 saturated carbocycles. The van der Waals surface area contributed by atoms with Gasteiger partial charge in [-0.15, -0.1) is 0 Å². The van der Waals surface area contributed by atoms with E-state index in [2.05, 4.69) is 16.6 Å². The third kappa shape index (κ3) is 4.65. The van der Waals surface area contributed by atoms with Crippen LogP contribution in [0.5, 0.6) is 0 Å². The Morgan fingerprint density at radius 2 is 2.10 bits per heavy atom. The van der Waals surface area contributed by atoms with Gasteiger partial charge in [-0.25, -0.2) is 12.8 Å². The molecule has 0 aliphatic carbocycles. The monoisotopic (exact) mass is 300 g/mol. The first kappa shape index (κ1) is 16.2. The van der Waals surface area contributed by atoms with Crippen LogP contribution in [0.4, 0.5) is 10.1 Å². The Morgan fingerprint density at radius 1 is 1.45 bits per heavy atom. The number of nitrogens with one attached hydrogen (secondary N) is 2. The van der Waals surface area contributed by atoms with Gasteiger partial charge in [0, 0.05) is 18.5 Å². The topological polar surface area (TPSA) is 75.3 Å². The van der Waals surface area contributed by atoms with E-state index in [1.165, 1.54) is 12.1 Å². The van der Waals surface area contributed by atoms with Crippen molar-refractivity contribution in [1.82, 2.24) is 5.32 Å². The average Bonchev–Trinajstić information content (AvgIpc) is 2.37. The molecule has 7 heteroatoms. The lowest BCUT2D eigenvalue weighted by Crippen LogP contribution is -2.21. The van der Waals surface area contributed by atoms with E-state index in [4.69, 9.17) is 0 Å². The molecule has 0 heterocycles.